The van der Waals surface area contributed by atoms with Crippen LogP contribution in [-0.4, -0.2) is 0 Å². The lowest BCUT2D eigenvalue weighted by molar-refractivity contribution is -0.00000169. The summed E-state index contributed by atoms with van der Waals surface area (Å²) in [5.41, 5.74) is 3.46. The molecule has 1 aromatic rings. The third-order valence-corrected chi connectivity index (χ3v) is 0.940. The summed E-state index contributed by atoms with van der Waals surface area (Å²) < 4.78 is 0. The molecule has 0 unspecified atom stereocenters. The summed E-state index contributed by atoms with van der Waals surface area (Å²) >= 11 is 0. The Hall–Kier alpha value is -0.540. The average Bonchev–Trinajstić information content (AvgIpc) is 1.90. The van der Waals surface area contributed by atoms with Crippen molar-refractivity contribution in [3.8, 4) is 0 Å². The van der Waals surface area contributed by atoms with Gasteiger partial charge < -0.3 is 22.4 Å². The van der Waals surface area contributed by atoms with E-state index >= 15 is 0 Å². The second kappa shape index (κ2) is 4.35. The van der Waals surface area contributed by atoms with Gasteiger partial charge in [0.1, 0.15) is 0 Å². The van der Waals surface area contributed by atoms with E-state index < -0.39 is 0 Å². The van der Waals surface area contributed by atoms with Crippen LogP contribution in [0.15, 0.2) is 30.3 Å². The second-order valence-corrected chi connectivity index (χ2v) is 1.51. The van der Waals surface area contributed by atoms with Gasteiger partial charge >= 0.3 is 0 Å². The molecule has 1 aromatic carbocycles. The van der Waals surface area contributed by atoms with Gasteiger partial charge in [0.25, 0.3) is 0 Å². The van der Waals surface area contributed by atoms with E-state index in [0.717, 1.165) is 5.69 Å². The van der Waals surface area contributed by atoms with Gasteiger partial charge in [0, 0.05) is 5.69 Å². The Morgan fingerprint density at radius 3 is 2.00 bits per heavy atom. The van der Waals surface area contributed by atoms with Gasteiger partial charge in [0.2, 0.25) is 0 Å². The Bertz CT molecular complexity index is 152. The second-order valence-electron chi connectivity index (χ2n) is 1.51. The summed E-state index contributed by atoms with van der Waals surface area (Å²) in [6, 6.07) is 9.60. The van der Waals surface area contributed by atoms with E-state index in [4.69, 9.17) is 5.84 Å². The van der Waals surface area contributed by atoms with Crippen molar-refractivity contribution in [2.24, 2.45) is 5.84 Å². The molecule has 3 heteroatoms. The van der Waals surface area contributed by atoms with E-state index in [0.29, 0.717) is 0 Å². The highest BCUT2D eigenvalue weighted by molar-refractivity contribution is 5.40. The van der Waals surface area contributed by atoms with Gasteiger partial charge in [0.15, 0.2) is 0 Å². The molecule has 0 aliphatic heterocycles. The maximum Gasteiger partial charge on any atom is 0.0485 e. The SMILES string of the molecule is NNc1ccccc1.[Br-]. The van der Waals surface area contributed by atoms with E-state index in [1.165, 1.54) is 0 Å². The van der Waals surface area contributed by atoms with Gasteiger partial charge in [0.05, 0.1) is 0 Å². The summed E-state index contributed by atoms with van der Waals surface area (Å²) in [4.78, 5) is 0. The zero-order chi connectivity index (χ0) is 5.82. The number of hydrogen-bond donors (Lipinski definition) is 2. The summed E-state index contributed by atoms with van der Waals surface area (Å²) in [6.07, 6.45) is 0. The maximum atomic E-state index is 5.10. The molecule has 0 saturated heterocycles. The largest absolute Gasteiger partial charge is 1.00 e. The molecule has 9 heavy (non-hydrogen) atoms. The Kier molecular flexibility index (Phi) is 4.09. The minimum Gasteiger partial charge on any atom is -1.00 e. The first-order valence-corrected chi connectivity index (χ1v) is 2.45. The lowest BCUT2D eigenvalue weighted by Gasteiger charge is -1.94. The van der Waals surface area contributed by atoms with Crippen LogP contribution < -0.4 is 28.2 Å². The van der Waals surface area contributed by atoms with Crippen molar-refractivity contribution < 1.29 is 17.0 Å². The molecule has 0 bridgehead atoms. The number of anilines is 1. The Balaban J connectivity index is 0.000000640. The fourth-order valence-electron chi connectivity index (χ4n) is 0.534. The van der Waals surface area contributed by atoms with Crippen LogP contribution in [0.25, 0.3) is 0 Å². The van der Waals surface area contributed by atoms with Gasteiger partial charge in [-0.2, -0.15) is 0 Å². The topological polar surface area (TPSA) is 38.0 Å². The van der Waals surface area contributed by atoms with Crippen molar-refractivity contribution in [3.63, 3.8) is 0 Å². The molecule has 0 aliphatic carbocycles. The number of nitrogens with two attached hydrogens (primary N) is 1. The minimum atomic E-state index is 0. The van der Waals surface area contributed by atoms with Crippen molar-refractivity contribution in [1.29, 1.82) is 0 Å². The van der Waals surface area contributed by atoms with Crippen LogP contribution >= 0.6 is 0 Å². The molecule has 1 rings (SSSR count). The molecule has 50 valence electrons. The molecule has 0 aliphatic rings. The summed E-state index contributed by atoms with van der Waals surface area (Å²) in [7, 11) is 0. The summed E-state index contributed by atoms with van der Waals surface area (Å²) in [5.74, 6) is 5.10. The fraction of sp³-hybridized carbons (Fsp3) is 0. The van der Waals surface area contributed by atoms with E-state index in [1.807, 2.05) is 30.3 Å². The highest BCUT2D eigenvalue weighted by atomic mass is 79.9. The lowest BCUT2D eigenvalue weighted by Crippen LogP contribution is -3.00. The van der Waals surface area contributed by atoms with Gasteiger partial charge in [-0.15, -0.1) is 0 Å². The van der Waals surface area contributed by atoms with Gasteiger partial charge in [-0.3, -0.25) is 5.84 Å². The van der Waals surface area contributed by atoms with Crippen LogP contribution in [0.3, 0.4) is 0 Å². The number of nitrogen functional groups attached to an aromatic ring is 1. The highest BCUT2D eigenvalue weighted by Crippen LogP contribution is 2.00. The zero-order valence-corrected chi connectivity index (χ0v) is 6.43. The molecular formula is C6H8BrN2-. The Morgan fingerprint density at radius 2 is 1.67 bits per heavy atom. The molecule has 0 amide bonds. The van der Waals surface area contributed by atoms with E-state index in [1.54, 1.807) is 0 Å². The first-order chi connectivity index (χ1) is 3.93. The van der Waals surface area contributed by atoms with Crippen LogP contribution in [0.1, 0.15) is 0 Å². The van der Waals surface area contributed by atoms with Crippen LogP contribution in [-0.2, 0) is 0 Å². The number of rotatable bonds is 1. The van der Waals surface area contributed by atoms with Crippen molar-refractivity contribution in [1.82, 2.24) is 0 Å². The van der Waals surface area contributed by atoms with Crippen molar-refractivity contribution in [2.75, 3.05) is 5.43 Å². The summed E-state index contributed by atoms with van der Waals surface area (Å²) in [6.45, 7) is 0. The number of hydrazine groups is 1. The van der Waals surface area contributed by atoms with Gasteiger partial charge in [-0.25, -0.2) is 0 Å². The molecule has 0 aromatic heterocycles. The molecule has 0 spiro atoms. The number of nitrogens with one attached hydrogen (secondary N) is 1. The fourth-order valence-corrected chi connectivity index (χ4v) is 0.534. The smallest absolute Gasteiger partial charge is 0.0485 e. The van der Waals surface area contributed by atoms with Crippen molar-refractivity contribution in [2.45, 2.75) is 0 Å². The Morgan fingerprint density at radius 1 is 1.11 bits per heavy atom. The van der Waals surface area contributed by atoms with E-state index in [-0.39, 0.29) is 17.0 Å². The normalized spacial score (nSPS) is 7.67. The molecular weight excluding hydrogens is 180 g/mol. The average molecular weight is 188 g/mol. The first-order valence-electron chi connectivity index (χ1n) is 2.45. The van der Waals surface area contributed by atoms with Crippen LogP contribution in [0.4, 0.5) is 5.69 Å². The standard InChI is InChI=1S/C6H8N2.BrH/c7-8-6-4-2-1-3-5-6;/h1-5,8H,7H2;1H/p-1. The number of para-hydroxylation sites is 1. The molecule has 0 fully saturated rings. The molecule has 2 nitrogen and oxygen atoms in total. The van der Waals surface area contributed by atoms with E-state index in [2.05, 4.69) is 5.43 Å². The van der Waals surface area contributed by atoms with Crippen LogP contribution in [0.2, 0.25) is 0 Å². The van der Waals surface area contributed by atoms with Crippen LogP contribution in [0.5, 0.6) is 0 Å². The molecule has 0 radical (unpaired) electrons. The Labute approximate surface area is 64.8 Å². The monoisotopic (exact) mass is 187 g/mol. The number of benzene rings is 1. The van der Waals surface area contributed by atoms with E-state index in [9.17, 15) is 0 Å². The predicted molar refractivity (Wildman–Crippen MR) is 34.3 cm³/mol. The number of halogens is 1. The third kappa shape index (κ3) is 2.49. The van der Waals surface area contributed by atoms with Gasteiger partial charge in [-0.05, 0) is 12.1 Å². The quantitative estimate of drug-likeness (QED) is 0.394. The molecule has 0 atom stereocenters. The lowest BCUT2D eigenvalue weighted by atomic mass is 10.3. The molecule has 3 N–H and O–H groups in total. The third-order valence-electron chi connectivity index (χ3n) is 0.940. The predicted octanol–water partition coefficient (Wildman–Crippen LogP) is -2.02. The minimum absolute atomic E-state index is 0. The first kappa shape index (κ1) is 8.46. The van der Waals surface area contributed by atoms with Crippen molar-refractivity contribution >= 4 is 5.69 Å². The van der Waals surface area contributed by atoms with Gasteiger partial charge in [-0.1, -0.05) is 18.2 Å². The maximum absolute atomic E-state index is 5.10. The number of hydrogen-bond acceptors (Lipinski definition) is 2. The summed E-state index contributed by atoms with van der Waals surface area (Å²) in [5, 5.41) is 0. The van der Waals surface area contributed by atoms with Crippen LogP contribution in [0, 0.1) is 0 Å². The highest BCUT2D eigenvalue weighted by Gasteiger charge is 1.78. The molecule has 0 saturated carbocycles. The zero-order valence-electron chi connectivity index (χ0n) is 4.84. The van der Waals surface area contributed by atoms with Crippen molar-refractivity contribution in [3.05, 3.63) is 30.3 Å². The molecule has 0 heterocycles.